The van der Waals surface area contributed by atoms with Crippen molar-refractivity contribution in [1.29, 1.82) is 0 Å². The number of hydrogen-bond donors (Lipinski definition) is 0. The number of amides is 2. The van der Waals surface area contributed by atoms with Crippen LogP contribution in [0.3, 0.4) is 0 Å². The van der Waals surface area contributed by atoms with Gasteiger partial charge in [0, 0.05) is 51.6 Å². The van der Waals surface area contributed by atoms with Gasteiger partial charge in [0.15, 0.2) is 5.78 Å². The van der Waals surface area contributed by atoms with Gasteiger partial charge in [0.25, 0.3) is 0 Å². The van der Waals surface area contributed by atoms with Crippen LogP contribution < -0.4 is 4.31 Å². The van der Waals surface area contributed by atoms with Crippen molar-refractivity contribution in [2.45, 2.75) is 20.3 Å². The second kappa shape index (κ2) is 8.51. The summed E-state index contributed by atoms with van der Waals surface area (Å²) >= 11 is 0. The average Bonchev–Trinajstić information content (AvgIpc) is 2.61. The standard InChI is InChI=1S/C18H25N3O5S/c1-14(22)16-4-6-17(7-5-16)21(27(3,25)26)9-8-18(24)20-12-10-19(11-13-20)15(2)23/h4-7H,8-13H2,1-3H3. The first-order valence-electron chi connectivity index (χ1n) is 8.71. The summed E-state index contributed by atoms with van der Waals surface area (Å²) in [5.74, 6) is -0.265. The maximum absolute atomic E-state index is 12.4. The van der Waals surface area contributed by atoms with Crippen molar-refractivity contribution in [1.82, 2.24) is 9.80 Å². The van der Waals surface area contributed by atoms with Gasteiger partial charge < -0.3 is 9.80 Å². The van der Waals surface area contributed by atoms with Crippen molar-refractivity contribution < 1.29 is 22.8 Å². The number of nitrogens with zero attached hydrogens (tertiary/aromatic N) is 3. The Balaban J connectivity index is 2.02. The summed E-state index contributed by atoms with van der Waals surface area (Å²) in [5, 5.41) is 0. The van der Waals surface area contributed by atoms with Gasteiger partial charge >= 0.3 is 0 Å². The minimum atomic E-state index is -3.57. The molecule has 8 nitrogen and oxygen atoms in total. The van der Waals surface area contributed by atoms with Crippen LogP contribution in [0.4, 0.5) is 5.69 Å². The van der Waals surface area contributed by atoms with Gasteiger partial charge in [0.05, 0.1) is 11.9 Å². The van der Waals surface area contributed by atoms with E-state index in [1.54, 1.807) is 34.1 Å². The quantitative estimate of drug-likeness (QED) is 0.662. The molecule has 1 heterocycles. The molecule has 0 aromatic heterocycles. The highest BCUT2D eigenvalue weighted by Gasteiger charge is 2.24. The second-order valence-corrected chi connectivity index (χ2v) is 8.48. The summed E-state index contributed by atoms with van der Waals surface area (Å²) in [5.41, 5.74) is 0.906. The molecule has 0 unspecified atom stereocenters. The van der Waals surface area contributed by atoms with E-state index in [2.05, 4.69) is 0 Å². The van der Waals surface area contributed by atoms with Crippen molar-refractivity contribution in [3.8, 4) is 0 Å². The van der Waals surface area contributed by atoms with Crippen molar-refractivity contribution in [2.75, 3.05) is 43.3 Å². The van der Waals surface area contributed by atoms with E-state index in [9.17, 15) is 22.8 Å². The van der Waals surface area contributed by atoms with Crippen LogP contribution >= 0.6 is 0 Å². The Labute approximate surface area is 159 Å². The van der Waals surface area contributed by atoms with Gasteiger partial charge in [-0.2, -0.15) is 0 Å². The van der Waals surface area contributed by atoms with Gasteiger partial charge in [-0.05, 0) is 31.2 Å². The van der Waals surface area contributed by atoms with E-state index in [4.69, 9.17) is 0 Å². The Morgan fingerprint density at radius 2 is 1.48 bits per heavy atom. The summed E-state index contributed by atoms with van der Waals surface area (Å²) in [6.45, 7) is 4.83. The molecular formula is C18H25N3O5S. The average molecular weight is 395 g/mol. The molecule has 0 atom stereocenters. The van der Waals surface area contributed by atoms with Crippen LogP contribution in [-0.2, 0) is 19.6 Å². The van der Waals surface area contributed by atoms with Gasteiger partial charge in [-0.25, -0.2) is 8.42 Å². The largest absolute Gasteiger partial charge is 0.339 e. The van der Waals surface area contributed by atoms with E-state index in [0.717, 1.165) is 6.26 Å². The van der Waals surface area contributed by atoms with Crippen LogP contribution in [0.2, 0.25) is 0 Å². The van der Waals surface area contributed by atoms with Crippen LogP contribution in [0.25, 0.3) is 0 Å². The molecule has 1 aromatic rings. The molecular weight excluding hydrogens is 370 g/mol. The molecule has 1 fully saturated rings. The number of rotatable bonds is 6. The van der Waals surface area contributed by atoms with E-state index in [0.29, 0.717) is 37.4 Å². The van der Waals surface area contributed by atoms with E-state index in [1.807, 2.05) is 0 Å². The molecule has 0 N–H and O–H groups in total. The molecule has 1 aliphatic rings. The summed E-state index contributed by atoms with van der Waals surface area (Å²) in [4.78, 5) is 38.5. The second-order valence-electron chi connectivity index (χ2n) is 6.58. The van der Waals surface area contributed by atoms with Crippen LogP contribution in [0.15, 0.2) is 24.3 Å². The molecule has 0 radical (unpaired) electrons. The molecule has 2 rings (SSSR count). The third-order valence-electron chi connectivity index (χ3n) is 4.57. The summed E-state index contributed by atoms with van der Waals surface area (Å²) in [7, 11) is -3.57. The van der Waals surface area contributed by atoms with Crippen molar-refractivity contribution in [2.24, 2.45) is 0 Å². The Bertz CT molecular complexity index is 812. The Hall–Kier alpha value is -2.42. The zero-order valence-electron chi connectivity index (χ0n) is 15.8. The molecule has 2 amide bonds. The number of ketones is 1. The van der Waals surface area contributed by atoms with Gasteiger partial charge in [-0.1, -0.05) is 0 Å². The lowest BCUT2D eigenvalue weighted by molar-refractivity contribution is -0.138. The minimum Gasteiger partial charge on any atom is -0.339 e. The minimum absolute atomic E-state index is 0.0145. The number of benzene rings is 1. The van der Waals surface area contributed by atoms with E-state index >= 15 is 0 Å². The third-order valence-corrected chi connectivity index (χ3v) is 5.76. The van der Waals surface area contributed by atoms with Crippen LogP contribution in [-0.4, -0.2) is 74.8 Å². The maximum atomic E-state index is 12.4. The first-order chi connectivity index (χ1) is 12.6. The molecule has 0 saturated carbocycles. The SMILES string of the molecule is CC(=O)c1ccc(N(CCC(=O)N2CCN(C(C)=O)CC2)S(C)(=O)=O)cc1. The topological polar surface area (TPSA) is 95.1 Å². The Morgan fingerprint density at radius 1 is 0.963 bits per heavy atom. The monoisotopic (exact) mass is 395 g/mol. The molecule has 1 aromatic carbocycles. The van der Waals surface area contributed by atoms with Gasteiger partial charge in [0.1, 0.15) is 0 Å². The molecule has 9 heteroatoms. The Kier molecular flexibility index (Phi) is 6.59. The highest BCUT2D eigenvalue weighted by Crippen LogP contribution is 2.19. The predicted octanol–water partition coefficient (Wildman–Crippen LogP) is 0.736. The third kappa shape index (κ3) is 5.53. The maximum Gasteiger partial charge on any atom is 0.232 e. The Morgan fingerprint density at radius 3 is 1.93 bits per heavy atom. The highest BCUT2D eigenvalue weighted by molar-refractivity contribution is 7.92. The van der Waals surface area contributed by atoms with Gasteiger partial charge in [-0.15, -0.1) is 0 Å². The zero-order chi connectivity index (χ0) is 20.2. The molecule has 0 spiro atoms. The number of hydrogen-bond acceptors (Lipinski definition) is 5. The number of Topliss-reactive ketones (excluding diaryl/α,β-unsaturated/α-hetero) is 1. The first kappa shape index (κ1) is 20.9. The van der Waals surface area contributed by atoms with E-state index in [-0.39, 0.29) is 30.6 Å². The summed E-state index contributed by atoms with van der Waals surface area (Å²) in [6, 6.07) is 6.26. The van der Waals surface area contributed by atoms with E-state index < -0.39 is 10.0 Å². The van der Waals surface area contributed by atoms with E-state index in [1.165, 1.54) is 18.2 Å². The van der Waals surface area contributed by atoms with Crippen LogP contribution in [0, 0.1) is 0 Å². The molecule has 1 aliphatic heterocycles. The van der Waals surface area contributed by atoms with Crippen molar-refractivity contribution in [3.05, 3.63) is 29.8 Å². The molecule has 0 bridgehead atoms. The normalized spacial score (nSPS) is 14.8. The fourth-order valence-electron chi connectivity index (χ4n) is 2.97. The summed E-state index contributed by atoms with van der Waals surface area (Å²) < 4.78 is 25.5. The predicted molar refractivity (Wildman–Crippen MR) is 102 cm³/mol. The zero-order valence-corrected chi connectivity index (χ0v) is 16.7. The number of piperazine rings is 1. The smallest absolute Gasteiger partial charge is 0.232 e. The van der Waals surface area contributed by atoms with Gasteiger partial charge in [-0.3, -0.25) is 18.7 Å². The molecule has 0 aliphatic carbocycles. The lowest BCUT2D eigenvalue weighted by Crippen LogP contribution is -2.50. The fourth-order valence-corrected chi connectivity index (χ4v) is 3.90. The van der Waals surface area contributed by atoms with Crippen molar-refractivity contribution >= 4 is 33.3 Å². The van der Waals surface area contributed by atoms with Crippen LogP contribution in [0.1, 0.15) is 30.6 Å². The fraction of sp³-hybridized carbons (Fsp3) is 0.500. The molecule has 148 valence electrons. The molecule has 27 heavy (non-hydrogen) atoms. The lowest BCUT2D eigenvalue weighted by atomic mass is 10.1. The number of carbonyl (C=O) groups is 3. The number of carbonyl (C=O) groups excluding carboxylic acids is 3. The molecule has 1 saturated heterocycles. The van der Waals surface area contributed by atoms with Gasteiger partial charge in [0.2, 0.25) is 21.8 Å². The van der Waals surface area contributed by atoms with Crippen molar-refractivity contribution in [3.63, 3.8) is 0 Å². The van der Waals surface area contributed by atoms with Crippen LogP contribution in [0.5, 0.6) is 0 Å². The summed E-state index contributed by atoms with van der Waals surface area (Å²) in [6.07, 6.45) is 1.13. The number of sulfonamides is 1. The lowest BCUT2D eigenvalue weighted by Gasteiger charge is -2.34. The number of anilines is 1. The highest BCUT2D eigenvalue weighted by atomic mass is 32.2. The first-order valence-corrected chi connectivity index (χ1v) is 10.6.